The van der Waals surface area contributed by atoms with Gasteiger partial charge in [-0.1, -0.05) is 43.7 Å². The van der Waals surface area contributed by atoms with Crippen LogP contribution in [0.4, 0.5) is 4.79 Å². The molecule has 0 spiro atoms. The Kier molecular flexibility index (Phi) is 8.18. The predicted octanol–water partition coefficient (Wildman–Crippen LogP) is 2.22. The first-order valence-corrected chi connectivity index (χ1v) is 12.2. The summed E-state index contributed by atoms with van der Waals surface area (Å²) in [5.74, 6) is -1.65. The second kappa shape index (κ2) is 11.1. The molecule has 176 valence electrons. The molecule has 0 bridgehead atoms. The van der Waals surface area contributed by atoms with E-state index >= 15 is 0 Å². The molecule has 0 unspecified atom stereocenters. The van der Waals surface area contributed by atoms with Gasteiger partial charge in [-0.15, -0.1) is 0 Å². The highest BCUT2D eigenvalue weighted by Gasteiger charge is 2.28. The fraction of sp³-hybridized carbons (Fsp3) is 0.348. The van der Waals surface area contributed by atoms with Crippen LogP contribution in [0.25, 0.3) is 0 Å². The first kappa shape index (κ1) is 24.4. The number of nitrogens with one attached hydrogen (secondary N) is 2. The number of sulfonamides is 1. The van der Waals surface area contributed by atoms with Crippen LogP contribution in [-0.2, 0) is 32.5 Å². The van der Waals surface area contributed by atoms with Crippen LogP contribution in [0, 0.1) is 0 Å². The molecule has 0 saturated heterocycles. The van der Waals surface area contributed by atoms with Crippen molar-refractivity contribution in [3.63, 3.8) is 0 Å². The first-order chi connectivity index (χ1) is 15.8. The molecule has 0 fully saturated rings. The lowest BCUT2D eigenvalue weighted by atomic mass is 10.0. The summed E-state index contributed by atoms with van der Waals surface area (Å²) >= 11 is 0. The number of imide groups is 1. The molecule has 2 N–H and O–H groups in total. The molecule has 0 aromatic heterocycles. The number of urea groups is 1. The van der Waals surface area contributed by atoms with Gasteiger partial charge in [0.05, 0.1) is 10.5 Å². The van der Waals surface area contributed by atoms with Gasteiger partial charge >= 0.3 is 12.0 Å². The minimum Gasteiger partial charge on any atom is -0.452 e. The van der Waals surface area contributed by atoms with Crippen LogP contribution in [0.3, 0.4) is 0 Å². The number of benzene rings is 2. The van der Waals surface area contributed by atoms with Crippen molar-refractivity contribution in [1.29, 1.82) is 0 Å². The van der Waals surface area contributed by atoms with Gasteiger partial charge in [0.15, 0.2) is 6.61 Å². The zero-order valence-corrected chi connectivity index (χ0v) is 19.2. The third kappa shape index (κ3) is 6.39. The summed E-state index contributed by atoms with van der Waals surface area (Å²) in [4.78, 5) is 35.7. The standard InChI is InChI=1S/C23H27N3O6S/c1-2-3-12-24-23(29)25-21(27)16-32-22(28)18-9-6-10-20(14-18)33(30,31)26-13-11-17-7-4-5-8-19(17)15-26/h4-10,14H,2-3,11-13,15-16H2,1H3,(H2,24,25,27,29). The summed E-state index contributed by atoms with van der Waals surface area (Å²) in [5, 5.41) is 4.58. The third-order valence-corrected chi connectivity index (χ3v) is 7.05. The van der Waals surface area contributed by atoms with E-state index in [1.807, 2.05) is 31.2 Å². The zero-order valence-electron chi connectivity index (χ0n) is 18.4. The van der Waals surface area contributed by atoms with Crippen LogP contribution in [0.15, 0.2) is 53.4 Å². The summed E-state index contributed by atoms with van der Waals surface area (Å²) in [6, 6.07) is 12.5. The number of carbonyl (C=O) groups is 3. The van der Waals surface area contributed by atoms with Gasteiger partial charge in [-0.2, -0.15) is 4.31 Å². The quantitative estimate of drug-likeness (QED) is 0.448. The van der Waals surface area contributed by atoms with E-state index in [2.05, 4.69) is 10.6 Å². The number of carbonyl (C=O) groups excluding carboxylic acids is 3. The monoisotopic (exact) mass is 473 g/mol. The minimum atomic E-state index is -3.83. The average molecular weight is 474 g/mol. The van der Waals surface area contributed by atoms with Gasteiger partial charge in [0.1, 0.15) is 0 Å². The average Bonchev–Trinajstić information content (AvgIpc) is 2.82. The minimum absolute atomic E-state index is 0.00585. The Morgan fingerprint density at radius 3 is 2.58 bits per heavy atom. The maximum Gasteiger partial charge on any atom is 0.338 e. The van der Waals surface area contributed by atoms with Crippen LogP contribution in [-0.4, -0.2) is 50.3 Å². The lowest BCUT2D eigenvalue weighted by molar-refractivity contribution is -0.123. The largest absolute Gasteiger partial charge is 0.452 e. The summed E-state index contributed by atoms with van der Waals surface area (Å²) in [5.41, 5.74) is 2.07. The smallest absolute Gasteiger partial charge is 0.338 e. The van der Waals surface area contributed by atoms with Crippen molar-refractivity contribution in [2.75, 3.05) is 19.7 Å². The number of hydrogen-bond acceptors (Lipinski definition) is 6. The van der Waals surface area contributed by atoms with Gasteiger partial charge in [0.2, 0.25) is 10.0 Å². The van der Waals surface area contributed by atoms with Crippen LogP contribution < -0.4 is 10.6 Å². The number of esters is 1. The van der Waals surface area contributed by atoms with Gasteiger partial charge < -0.3 is 10.1 Å². The molecular formula is C23H27N3O6S. The van der Waals surface area contributed by atoms with Crippen molar-refractivity contribution in [2.24, 2.45) is 0 Å². The zero-order chi connectivity index (χ0) is 23.8. The molecule has 3 amide bonds. The van der Waals surface area contributed by atoms with Crippen LogP contribution in [0.1, 0.15) is 41.3 Å². The second-order valence-corrected chi connectivity index (χ2v) is 9.56. The number of amides is 3. The van der Waals surface area contributed by atoms with E-state index in [1.54, 1.807) is 0 Å². The molecule has 10 heteroatoms. The van der Waals surface area contributed by atoms with Crippen molar-refractivity contribution in [3.8, 4) is 0 Å². The van der Waals surface area contributed by atoms with E-state index in [1.165, 1.54) is 28.6 Å². The SMILES string of the molecule is CCCCNC(=O)NC(=O)COC(=O)c1cccc(S(=O)(=O)N2CCc3ccccc3C2)c1. The third-order valence-electron chi connectivity index (χ3n) is 5.21. The van der Waals surface area contributed by atoms with Crippen molar-refractivity contribution in [2.45, 2.75) is 37.6 Å². The highest BCUT2D eigenvalue weighted by atomic mass is 32.2. The van der Waals surface area contributed by atoms with Gasteiger partial charge in [-0.3, -0.25) is 10.1 Å². The molecule has 0 atom stereocenters. The topological polar surface area (TPSA) is 122 Å². The Hall–Kier alpha value is -3.24. The molecule has 3 rings (SSSR count). The molecule has 0 saturated carbocycles. The molecule has 0 radical (unpaired) electrons. The van der Waals surface area contributed by atoms with Gasteiger partial charge in [-0.05, 0) is 42.2 Å². The number of ether oxygens (including phenoxy) is 1. The summed E-state index contributed by atoms with van der Waals surface area (Å²) in [6.45, 7) is 2.33. The molecule has 1 heterocycles. The predicted molar refractivity (Wildman–Crippen MR) is 121 cm³/mol. The van der Waals surface area contributed by atoms with E-state index in [4.69, 9.17) is 4.74 Å². The van der Waals surface area contributed by atoms with Crippen molar-refractivity contribution >= 4 is 27.9 Å². The fourth-order valence-corrected chi connectivity index (χ4v) is 4.87. The Bertz CT molecular complexity index is 1130. The first-order valence-electron chi connectivity index (χ1n) is 10.7. The summed E-state index contributed by atoms with van der Waals surface area (Å²) < 4.78 is 32.6. The molecule has 1 aliphatic heterocycles. The van der Waals surface area contributed by atoms with E-state index in [0.717, 1.165) is 24.0 Å². The van der Waals surface area contributed by atoms with Crippen LogP contribution in [0.2, 0.25) is 0 Å². The lowest BCUT2D eigenvalue weighted by Crippen LogP contribution is -2.41. The molecule has 33 heavy (non-hydrogen) atoms. The normalized spacial score (nSPS) is 13.6. The number of unbranched alkanes of at least 4 members (excludes halogenated alkanes) is 1. The van der Waals surface area contributed by atoms with Gasteiger partial charge in [-0.25, -0.2) is 18.0 Å². The molecule has 2 aromatic rings. The molecular weight excluding hydrogens is 446 g/mol. The van der Waals surface area contributed by atoms with Crippen molar-refractivity contribution in [3.05, 3.63) is 65.2 Å². The molecule has 2 aromatic carbocycles. The molecule has 1 aliphatic rings. The highest BCUT2D eigenvalue weighted by molar-refractivity contribution is 7.89. The van der Waals surface area contributed by atoms with E-state index in [-0.39, 0.29) is 17.0 Å². The van der Waals surface area contributed by atoms with Gasteiger partial charge in [0.25, 0.3) is 5.91 Å². The number of hydrogen-bond donors (Lipinski definition) is 2. The number of nitrogens with zero attached hydrogens (tertiary/aromatic N) is 1. The van der Waals surface area contributed by atoms with E-state index in [9.17, 15) is 22.8 Å². The van der Waals surface area contributed by atoms with E-state index < -0.39 is 34.5 Å². The summed E-state index contributed by atoms with van der Waals surface area (Å²) in [7, 11) is -3.83. The molecule has 9 nitrogen and oxygen atoms in total. The highest BCUT2D eigenvalue weighted by Crippen LogP contribution is 2.25. The van der Waals surface area contributed by atoms with E-state index in [0.29, 0.717) is 19.5 Å². The van der Waals surface area contributed by atoms with Gasteiger partial charge in [0, 0.05) is 19.6 Å². The summed E-state index contributed by atoms with van der Waals surface area (Å²) in [6.07, 6.45) is 2.28. The molecule has 0 aliphatic carbocycles. The lowest BCUT2D eigenvalue weighted by Gasteiger charge is -2.28. The fourth-order valence-electron chi connectivity index (χ4n) is 3.41. The maximum absolute atomic E-state index is 13.1. The number of fused-ring (bicyclic) bond motifs is 1. The van der Waals surface area contributed by atoms with Crippen LogP contribution in [0.5, 0.6) is 0 Å². The Labute approximate surface area is 193 Å². The Balaban J connectivity index is 1.60. The van der Waals surface area contributed by atoms with Crippen molar-refractivity contribution < 1.29 is 27.5 Å². The maximum atomic E-state index is 13.1. The Morgan fingerprint density at radius 2 is 1.82 bits per heavy atom. The Morgan fingerprint density at radius 1 is 1.06 bits per heavy atom. The second-order valence-electron chi connectivity index (χ2n) is 7.62. The van der Waals surface area contributed by atoms with Crippen molar-refractivity contribution in [1.82, 2.24) is 14.9 Å². The van der Waals surface area contributed by atoms with Crippen LogP contribution >= 0.6 is 0 Å². The number of rotatable bonds is 8.